The SMILES string of the molecule is Cc1ccc(OCCCSc2nnc(-c3cccs3)n2N)cc1C. The summed E-state index contributed by atoms with van der Waals surface area (Å²) in [6.07, 6.45) is 0.915. The molecular formula is C17H20N4OS2. The van der Waals surface area contributed by atoms with Crippen molar-refractivity contribution in [2.75, 3.05) is 18.2 Å². The number of rotatable bonds is 7. The molecule has 0 atom stereocenters. The van der Waals surface area contributed by atoms with Gasteiger partial charge in [0.25, 0.3) is 0 Å². The van der Waals surface area contributed by atoms with Crippen molar-refractivity contribution in [3.05, 3.63) is 46.8 Å². The number of aromatic nitrogens is 3. The molecule has 0 amide bonds. The zero-order chi connectivity index (χ0) is 16.9. The number of hydrogen-bond donors (Lipinski definition) is 1. The van der Waals surface area contributed by atoms with Gasteiger partial charge in [-0.25, -0.2) is 4.68 Å². The highest BCUT2D eigenvalue weighted by Gasteiger charge is 2.12. The summed E-state index contributed by atoms with van der Waals surface area (Å²) in [5.41, 5.74) is 2.53. The molecule has 2 aromatic heterocycles. The van der Waals surface area contributed by atoms with Crippen molar-refractivity contribution in [1.82, 2.24) is 14.9 Å². The van der Waals surface area contributed by atoms with E-state index in [1.165, 1.54) is 11.1 Å². The van der Waals surface area contributed by atoms with Gasteiger partial charge >= 0.3 is 0 Å². The van der Waals surface area contributed by atoms with Gasteiger partial charge in [-0.05, 0) is 55.0 Å². The third kappa shape index (κ3) is 3.91. The average Bonchev–Trinajstić information content (AvgIpc) is 3.21. The quantitative estimate of drug-likeness (QED) is 0.393. The van der Waals surface area contributed by atoms with E-state index in [0.717, 1.165) is 28.0 Å². The first-order valence-electron chi connectivity index (χ1n) is 7.72. The third-order valence-electron chi connectivity index (χ3n) is 3.67. The Balaban J connectivity index is 1.46. The highest BCUT2D eigenvalue weighted by molar-refractivity contribution is 7.99. The molecule has 0 fully saturated rings. The van der Waals surface area contributed by atoms with Crippen LogP contribution in [-0.4, -0.2) is 27.2 Å². The number of aryl methyl sites for hydroxylation is 2. The minimum absolute atomic E-state index is 0.673. The molecule has 0 spiro atoms. The lowest BCUT2D eigenvalue weighted by Gasteiger charge is -2.08. The van der Waals surface area contributed by atoms with Crippen molar-refractivity contribution in [1.29, 1.82) is 0 Å². The van der Waals surface area contributed by atoms with Crippen molar-refractivity contribution < 1.29 is 4.74 Å². The van der Waals surface area contributed by atoms with Gasteiger partial charge < -0.3 is 10.6 Å². The summed E-state index contributed by atoms with van der Waals surface area (Å²) in [5, 5.41) is 11.1. The van der Waals surface area contributed by atoms with Gasteiger partial charge in [-0.3, -0.25) is 0 Å². The normalized spacial score (nSPS) is 10.9. The van der Waals surface area contributed by atoms with Gasteiger partial charge in [0.1, 0.15) is 5.75 Å². The van der Waals surface area contributed by atoms with Gasteiger partial charge in [0.15, 0.2) is 5.82 Å². The summed E-state index contributed by atoms with van der Waals surface area (Å²) in [4.78, 5) is 1.02. The lowest BCUT2D eigenvalue weighted by Crippen LogP contribution is -2.11. The van der Waals surface area contributed by atoms with Gasteiger partial charge in [-0.15, -0.1) is 21.5 Å². The van der Waals surface area contributed by atoms with Crippen LogP contribution in [0.3, 0.4) is 0 Å². The van der Waals surface area contributed by atoms with Crippen molar-refractivity contribution in [3.63, 3.8) is 0 Å². The van der Waals surface area contributed by atoms with Crippen LogP contribution in [0.15, 0.2) is 40.9 Å². The van der Waals surface area contributed by atoms with Gasteiger partial charge in [-0.2, -0.15) is 0 Å². The van der Waals surface area contributed by atoms with Crippen LogP contribution in [0.25, 0.3) is 10.7 Å². The Bertz CT molecular complexity index is 799. The van der Waals surface area contributed by atoms with E-state index in [1.807, 2.05) is 23.6 Å². The highest BCUT2D eigenvalue weighted by Crippen LogP contribution is 2.25. The predicted molar refractivity (Wildman–Crippen MR) is 100 cm³/mol. The summed E-state index contributed by atoms with van der Waals surface area (Å²) in [7, 11) is 0. The molecule has 0 aliphatic rings. The molecule has 0 bridgehead atoms. The molecule has 0 aliphatic carbocycles. The fourth-order valence-electron chi connectivity index (χ4n) is 2.17. The molecule has 0 saturated heterocycles. The standard InChI is InChI=1S/C17H20N4OS2/c1-12-6-7-14(11-13(12)2)22-8-4-10-24-17-20-19-16(21(17)18)15-5-3-9-23-15/h3,5-7,9,11H,4,8,10,18H2,1-2H3. The number of thiophene rings is 1. The van der Waals surface area contributed by atoms with Crippen molar-refractivity contribution >= 4 is 23.1 Å². The lowest BCUT2D eigenvalue weighted by molar-refractivity contribution is 0.318. The number of nitrogen functional groups attached to an aromatic ring is 1. The fraction of sp³-hybridized carbons (Fsp3) is 0.294. The van der Waals surface area contributed by atoms with E-state index in [1.54, 1.807) is 27.8 Å². The van der Waals surface area contributed by atoms with Gasteiger partial charge in [-0.1, -0.05) is 23.9 Å². The van der Waals surface area contributed by atoms with Crippen LogP contribution in [0, 0.1) is 13.8 Å². The molecule has 2 N–H and O–H groups in total. The van der Waals surface area contributed by atoms with E-state index >= 15 is 0 Å². The van der Waals surface area contributed by atoms with Crippen LogP contribution in [0.2, 0.25) is 0 Å². The Hall–Kier alpha value is -1.99. The second-order valence-corrected chi connectivity index (χ2v) is 7.46. The van der Waals surface area contributed by atoms with Crippen molar-refractivity contribution in [2.24, 2.45) is 0 Å². The van der Waals surface area contributed by atoms with E-state index in [-0.39, 0.29) is 0 Å². The van der Waals surface area contributed by atoms with Crippen molar-refractivity contribution in [3.8, 4) is 16.5 Å². The maximum atomic E-state index is 6.08. The molecule has 1 aromatic carbocycles. The summed E-state index contributed by atoms with van der Waals surface area (Å²) >= 11 is 3.20. The van der Waals surface area contributed by atoms with E-state index in [4.69, 9.17) is 10.6 Å². The molecule has 126 valence electrons. The predicted octanol–water partition coefficient (Wildman–Crippen LogP) is 3.90. The second kappa shape index (κ2) is 7.72. The zero-order valence-electron chi connectivity index (χ0n) is 13.7. The number of thioether (sulfide) groups is 1. The Morgan fingerprint density at radius 1 is 1.21 bits per heavy atom. The Morgan fingerprint density at radius 3 is 2.83 bits per heavy atom. The fourth-order valence-corrected chi connectivity index (χ4v) is 3.64. The molecule has 3 rings (SSSR count). The monoisotopic (exact) mass is 360 g/mol. The molecule has 2 heterocycles. The van der Waals surface area contributed by atoms with Crippen LogP contribution in [-0.2, 0) is 0 Å². The maximum absolute atomic E-state index is 6.08. The Morgan fingerprint density at radius 2 is 2.08 bits per heavy atom. The molecule has 5 nitrogen and oxygen atoms in total. The zero-order valence-corrected chi connectivity index (χ0v) is 15.4. The van der Waals surface area contributed by atoms with Gasteiger partial charge in [0.2, 0.25) is 5.16 Å². The highest BCUT2D eigenvalue weighted by atomic mass is 32.2. The Labute approximate surface area is 149 Å². The molecule has 0 aliphatic heterocycles. The van der Waals surface area contributed by atoms with Gasteiger partial charge in [0, 0.05) is 5.75 Å². The largest absolute Gasteiger partial charge is 0.494 e. The minimum Gasteiger partial charge on any atom is -0.494 e. The number of ether oxygens (including phenoxy) is 1. The number of nitrogens with zero attached hydrogens (tertiary/aromatic N) is 3. The molecule has 0 radical (unpaired) electrons. The molecule has 0 saturated carbocycles. The number of nitrogens with two attached hydrogens (primary N) is 1. The summed E-state index contributed by atoms with van der Waals surface area (Å²) in [5.74, 6) is 8.59. The average molecular weight is 361 g/mol. The van der Waals surface area contributed by atoms with Crippen molar-refractivity contribution in [2.45, 2.75) is 25.4 Å². The molecular weight excluding hydrogens is 340 g/mol. The van der Waals surface area contributed by atoms with E-state index in [0.29, 0.717) is 12.4 Å². The third-order valence-corrected chi connectivity index (χ3v) is 5.57. The molecule has 24 heavy (non-hydrogen) atoms. The topological polar surface area (TPSA) is 66.0 Å². The number of hydrogen-bond acceptors (Lipinski definition) is 6. The van der Waals surface area contributed by atoms with Crippen LogP contribution in [0.5, 0.6) is 5.75 Å². The van der Waals surface area contributed by atoms with Crippen LogP contribution < -0.4 is 10.6 Å². The van der Waals surface area contributed by atoms with E-state index < -0.39 is 0 Å². The first-order valence-corrected chi connectivity index (χ1v) is 9.59. The van der Waals surface area contributed by atoms with Gasteiger partial charge in [0.05, 0.1) is 11.5 Å². The summed E-state index contributed by atoms with van der Waals surface area (Å²) in [6.45, 7) is 4.87. The lowest BCUT2D eigenvalue weighted by atomic mass is 10.1. The van der Waals surface area contributed by atoms with Crippen LogP contribution in [0.4, 0.5) is 0 Å². The first kappa shape index (κ1) is 16.9. The molecule has 3 aromatic rings. The smallest absolute Gasteiger partial charge is 0.210 e. The first-order chi connectivity index (χ1) is 11.6. The molecule has 0 unspecified atom stereocenters. The number of benzene rings is 1. The van der Waals surface area contributed by atoms with Crippen LogP contribution >= 0.6 is 23.1 Å². The second-order valence-electron chi connectivity index (χ2n) is 5.45. The summed E-state index contributed by atoms with van der Waals surface area (Å²) in [6, 6.07) is 10.1. The molecule has 7 heteroatoms. The maximum Gasteiger partial charge on any atom is 0.210 e. The minimum atomic E-state index is 0.673. The van der Waals surface area contributed by atoms with Crippen LogP contribution in [0.1, 0.15) is 17.5 Å². The Kier molecular flexibility index (Phi) is 5.42. The summed E-state index contributed by atoms with van der Waals surface area (Å²) < 4.78 is 7.34. The van der Waals surface area contributed by atoms with E-state index in [2.05, 4.69) is 36.2 Å². The van der Waals surface area contributed by atoms with E-state index in [9.17, 15) is 0 Å².